The molecule has 0 saturated carbocycles. The lowest BCUT2D eigenvalue weighted by Crippen LogP contribution is -2.34. The molecule has 2 aromatic carbocycles. The molecule has 0 bridgehead atoms. The molecule has 0 radical (unpaired) electrons. The van der Waals surface area contributed by atoms with Crippen LogP contribution in [0, 0.1) is 0 Å². The number of rotatable bonds is 9. The highest BCUT2D eigenvalue weighted by Crippen LogP contribution is 2.36. The van der Waals surface area contributed by atoms with Gasteiger partial charge in [0.25, 0.3) is 10.0 Å². The van der Waals surface area contributed by atoms with Gasteiger partial charge in [0.2, 0.25) is 4.58 Å². The summed E-state index contributed by atoms with van der Waals surface area (Å²) in [5.41, 5.74) is 3.96. The lowest BCUT2D eigenvalue weighted by Gasteiger charge is -2.23. The second-order valence-electron chi connectivity index (χ2n) is 9.62. The molecular weight excluding hydrogens is 454 g/mol. The number of anilines is 1. The molecule has 0 heterocycles. The summed E-state index contributed by atoms with van der Waals surface area (Å²) in [6.45, 7) is 16.0. The zero-order valence-electron chi connectivity index (χ0n) is 20.8. The molecule has 0 aliphatic carbocycles. The highest BCUT2D eigenvalue weighted by molar-refractivity contribution is 8.06. The minimum atomic E-state index is -4.17. The fourth-order valence-electron chi connectivity index (χ4n) is 3.75. The van der Waals surface area contributed by atoms with Gasteiger partial charge in [0.15, 0.2) is 0 Å². The van der Waals surface area contributed by atoms with E-state index in [0.717, 1.165) is 22.3 Å². The maximum Gasteiger partial charge on any atom is 0.341 e. The third-order valence-electron chi connectivity index (χ3n) is 5.64. The first kappa shape index (κ1) is 27.3. The number of thiol groups is 1. The largest absolute Gasteiger partial charge is 0.424 e. The first-order valence-electron chi connectivity index (χ1n) is 11.4. The Morgan fingerprint density at radius 1 is 0.758 bits per heavy atom. The van der Waals surface area contributed by atoms with E-state index < -0.39 is 20.6 Å². The summed E-state index contributed by atoms with van der Waals surface area (Å²) >= 11 is 4.19. The van der Waals surface area contributed by atoms with Crippen molar-refractivity contribution in [2.45, 2.75) is 83.6 Å². The average molecular weight is 492 g/mol. The molecule has 0 aliphatic heterocycles. The van der Waals surface area contributed by atoms with Crippen LogP contribution in [0.5, 0.6) is 5.75 Å². The van der Waals surface area contributed by atoms with E-state index in [0.29, 0.717) is 11.4 Å². The summed E-state index contributed by atoms with van der Waals surface area (Å²) in [6.07, 6.45) is 0. The van der Waals surface area contributed by atoms with Crippen LogP contribution in [-0.2, 0) is 14.8 Å². The van der Waals surface area contributed by atoms with Crippen LogP contribution in [0.1, 0.15) is 101 Å². The van der Waals surface area contributed by atoms with Crippen LogP contribution in [0.3, 0.4) is 0 Å². The number of benzene rings is 2. The number of ether oxygens (including phenoxy) is 1. The molecule has 0 saturated heterocycles. The standard InChI is InChI=1S/C26H37NO4S2/c1-15(2)19-11-9-12-20(16(3)4)23(19)27-33(29,30)26(32)25(28)31-24-21(17(5)6)13-10-14-22(24)18(7)8/h9-18,26-27,32H,1-8H3. The molecule has 5 nitrogen and oxygen atoms in total. The molecule has 0 spiro atoms. The molecule has 0 amide bonds. The summed E-state index contributed by atoms with van der Waals surface area (Å²) in [6, 6.07) is 11.4. The number of nitrogens with one attached hydrogen (secondary N) is 1. The van der Waals surface area contributed by atoms with Crippen molar-refractivity contribution in [1.29, 1.82) is 0 Å². The molecule has 0 aromatic heterocycles. The number of hydrogen-bond donors (Lipinski definition) is 2. The van der Waals surface area contributed by atoms with Crippen molar-refractivity contribution < 1.29 is 17.9 Å². The molecule has 33 heavy (non-hydrogen) atoms. The molecule has 1 N–H and O–H groups in total. The zero-order chi connectivity index (χ0) is 25.1. The minimum absolute atomic E-state index is 0.0956. The predicted octanol–water partition coefficient (Wildman–Crippen LogP) is 6.78. The first-order chi connectivity index (χ1) is 15.3. The maximum atomic E-state index is 13.2. The van der Waals surface area contributed by atoms with Crippen LogP contribution >= 0.6 is 12.6 Å². The van der Waals surface area contributed by atoms with Crippen molar-refractivity contribution in [2.24, 2.45) is 0 Å². The van der Waals surface area contributed by atoms with E-state index in [1.807, 2.05) is 91.8 Å². The summed E-state index contributed by atoms with van der Waals surface area (Å²) in [7, 11) is -4.17. The predicted molar refractivity (Wildman–Crippen MR) is 140 cm³/mol. The molecule has 2 rings (SSSR count). The molecule has 182 valence electrons. The molecule has 1 unspecified atom stereocenters. The van der Waals surface area contributed by atoms with E-state index in [-0.39, 0.29) is 23.7 Å². The number of sulfonamides is 1. The molecule has 7 heteroatoms. The van der Waals surface area contributed by atoms with E-state index in [1.54, 1.807) is 0 Å². The Morgan fingerprint density at radius 3 is 1.48 bits per heavy atom. The van der Waals surface area contributed by atoms with Gasteiger partial charge in [-0.3, -0.25) is 4.72 Å². The highest BCUT2D eigenvalue weighted by Gasteiger charge is 2.34. The summed E-state index contributed by atoms with van der Waals surface area (Å²) in [5.74, 6) is -0.102. The van der Waals surface area contributed by atoms with Crippen molar-refractivity contribution in [3.05, 3.63) is 58.7 Å². The van der Waals surface area contributed by atoms with Gasteiger partial charge in [-0.2, -0.15) is 0 Å². The van der Waals surface area contributed by atoms with E-state index in [1.165, 1.54) is 0 Å². The molecule has 0 aliphatic rings. The minimum Gasteiger partial charge on any atom is -0.424 e. The van der Waals surface area contributed by atoms with Crippen molar-refractivity contribution in [1.82, 2.24) is 0 Å². The van der Waals surface area contributed by atoms with E-state index in [4.69, 9.17) is 4.74 Å². The Bertz CT molecular complexity index is 1040. The smallest absolute Gasteiger partial charge is 0.341 e. The molecular formula is C26H37NO4S2. The average Bonchev–Trinajstić information content (AvgIpc) is 2.72. The van der Waals surface area contributed by atoms with Gasteiger partial charge < -0.3 is 4.74 Å². The summed E-state index contributed by atoms with van der Waals surface area (Å²) in [4.78, 5) is 13.0. The van der Waals surface area contributed by atoms with E-state index in [2.05, 4.69) is 17.4 Å². The maximum absolute atomic E-state index is 13.2. The highest BCUT2D eigenvalue weighted by atomic mass is 32.3. The number of carbonyl (C=O) groups is 1. The van der Waals surface area contributed by atoms with Gasteiger partial charge in [-0.15, -0.1) is 12.6 Å². The Morgan fingerprint density at radius 2 is 1.12 bits per heavy atom. The van der Waals surface area contributed by atoms with Gasteiger partial charge in [0, 0.05) is 0 Å². The Balaban J connectivity index is 2.42. The number of para-hydroxylation sites is 2. The van der Waals surface area contributed by atoms with Gasteiger partial charge in [-0.05, 0) is 45.9 Å². The number of carbonyl (C=O) groups excluding carboxylic acids is 1. The van der Waals surface area contributed by atoms with Crippen LogP contribution in [0.15, 0.2) is 36.4 Å². The monoisotopic (exact) mass is 491 g/mol. The quantitative estimate of drug-likeness (QED) is 0.230. The first-order valence-corrected chi connectivity index (χ1v) is 13.5. The van der Waals surface area contributed by atoms with Gasteiger partial charge in [-0.25, -0.2) is 13.2 Å². The van der Waals surface area contributed by atoms with Crippen molar-refractivity contribution in [3.8, 4) is 5.75 Å². The molecule has 1 atom stereocenters. The summed E-state index contributed by atoms with van der Waals surface area (Å²) < 4.78 is 33.1. The molecule has 2 aromatic rings. The summed E-state index contributed by atoms with van der Waals surface area (Å²) in [5, 5.41) is 0. The lowest BCUT2D eigenvalue weighted by molar-refractivity contribution is -0.132. The van der Waals surface area contributed by atoms with Gasteiger partial charge in [0.1, 0.15) is 5.75 Å². The van der Waals surface area contributed by atoms with Crippen LogP contribution in [0.4, 0.5) is 5.69 Å². The Kier molecular flexibility index (Phi) is 9.05. The lowest BCUT2D eigenvalue weighted by atomic mass is 9.93. The fraction of sp³-hybridized carbons (Fsp3) is 0.500. The van der Waals surface area contributed by atoms with Crippen LogP contribution in [0.25, 0.3) is 0 Å². The number of hydrogen-bond acceptors (Lipinski definition) is 5. The topological polar surface area (TPSA) is 72.5 Å². The third kappa shape index (κ3) is 6.33. The van der Waals surface area contributed by atoms with E-state index >= 15 is 0 Å². The van der Waals surface area contributed by atoms with Gasteiger partial charge >= 0.3 is 5.97 Å². The number of esters is 1. The van der Waals surface area contributed by atoms with E-state index in [9.17, 15) is 13.2 Å². The van der Waals surface area contributed by atoms with Crippen LogP contribution < -0.4 is 9.46 Å². The Hall–Kier alpha value is -1.99. The van der Waals surface area contributed by atoms with Crippen LogP contribution in [-0.4, -0.2) is 19.0 Å². The SMILES string of the molecule is CC(C)c1cccc(C(C)C)c1NS(=O)(=O)C(S)C(=O)Oc1c(C(C)C)cccc1C(C)C. The van der Waals surface area contributed by atoms with Crippen molar-refractivity contribution >= 4 is 34.3 Å². The van der Waals surface area contributed by atoms with Crippen molar-refractivity contribution in [3.63, 3.8) is 0 Å². The van der Waals surface area contributed by atoms with Crippen LogP contribution in [0.2, 0.25) is 0 Å². The zero-order valence-corrected chi connectivity index (χ0v) is 22.6. The van der Waals surface area contributed by atoms with Gasteiger partial charge in [-0.1, -0.05) is 91.8 Å². The third-order valence-corrected chi connectivity index (χ3v) is 7.95. The second kappa shape index (κ2) is 11.0. The van der Waals surface area contributed by atoms with Crippen molar-refractivity contribution in [2.75, 3.05) is 4.72 Å². The Labute approximate surface area is 204 Å². The molecule has 0 fully saturated rings. The second-order valence-corrected chi connectivity index (χ2v) is 12.2. The normalized spacial score (nSPS) is 13.1. The van der Waals surface area contributed by atoms with Gasteiger partial charge in [0.05, 0.1) is 5.69 Å². The fourth-order valence-corrected chi connectivity index (χ4v) is 4.89.